The summed E-state index contributed by atoms with van der Waals surface area (Å²) in [6, 6.07) is 7.71. The molecule has 13 nitrogen and oxygen atoms in total. The third kappa shape index (κ3) is 11.0. The van der Waals surface area contributed by atoms with Crippen molar-refractivity contribution < 1.29 is 55.8 Å². The summed E-state index contributed by atoms with van der Waals surface area (Å²) in [6.45, 7) is 1.71. The van der Waals surface area contributed by atoms with E-state index in [0.29, 0.717) is 34.9 Å². The largest absolute Gasteiger partial charge is 0.481 e. The quantitative estimate of drug-likeness (QED) is 0.0397. The van der Waals surface area contributed by atoms with E-state index >= 15 is 8.78 Å². The number of benzene rings is 3. The normalized spacial score (nSPS) is 15.4. The van der Waals surface area contributed by atoms with Gasteiger partial charge in [-0.3, -0.25) is 28.8 Å². The molecule has 1 saturated heterocycles. The highest BCUT2D eigenvalue weighted by Crippen LogP contribution is 2.26. The van der Waals surface area contributed by atoms with Crippen molar-refractivity contribution in [1.29, 1.82) is 0 Å². The summed E-state index contributed by atoms with van der Waals surface area (Å²) >= 11 is 5.63. The fourth-order valence-corrected chi connectivity index (χ4v) is 7.03. The van der Waals surface area contributed by atoms with Gasteiger partial charge in [0, 0.05) is 55.0 Å². The number of amides is 5. The number of likely N-dealkylation sites (tertiary alicyclic amines) is 1. The molecule has 0 spiro atoms. The lowest BCUT2D eigenvalue weighted by Crippen LogP contribution is -2.61. The highest BCUT2D eigenvalue weighted by molar-refractivity contribution is 6.27. The van der Waals surface area contributed by atoms with E-state index in [9.17, 15) is 47.0 Å². The van der Waals surface area contributed by atoms with Gasteiger partial charge in [0.25, 0.3) is 0 Å². The lowest BCUT2D eigenvalue weighted by Gasteiger charge is -2.37. The summed E-state index contributed by atoms with van der Waals surface area (Å²) in [5.74, 6) is -17.6. The summed E-state index contributed by atoms with van der Waals surface area (Å²) in [4.78, 5) is 83.8. The zero-order valence-electron chi connectivity index (χ0n) is 32.2. The Labute approximate surface area is 345 Å². The van der Waals surface area contributed by atoms with E-state index in [1.54, 1.807) is 54.7 Å². The number of carboxylic acid groups (broad SMARTS) is 1. The van der Waals surface area contributed by atoms with Gasteiger partial charge < -0.3 is 36.3 Å². The minimum Gasteiger partial charge on any atom is -0.481 e. The minimum atomic E-state index is -2.41. The predicted octanol–water partition coefficient (Wildman–Crippen LogP) is 4.21. The average molecular weight is 861 g/mol. The summed E-state index contributed by atoms with van der Waals surface area (Å²) < 4.78 is 72.7. The number of alkyl halides is 1. The number of carboxylic acids is 1. The van der Waals surface area contributed by atoms with E-state index in [1.807, 2.05) is 6.92 Å². The molecule has 1 aliphatic rings. The van der Waals surface area contributed by atoms with Crippen LogP contribution in [0.5, 0.6) is 0 Å². The van der Waals surface area contributed by atoms with E-state index < -0.39 is 113 Å². The highest BCUT2D eigenvalue weighted by Gasteiger charge is 2.39. The molecule has 4 aromatic rings. The fourth-order valence-electron chi connectivity index (χ4n) is 6.96. The monoisotopic (exact) mass is 860 g/mol. The predicted molar refractivity (Wildman–Crippen MR) is 208 cm³/mol. The summed E-state index contributed by atoms with van der Waals surface area (Å²) in [5, 5.41) is 19.8. The third-order valence-corrected chi connectivity index (χ3v) is 10.4. The second kappa shape index (κ2) is 20.3. The number of hydrogen-bond acceptors (Lipinski definition) is 6. The summed E-state index contributed by atoms with van der Waals surface area (Å²) in [6.07, 6.45) is 0.308. The van der Waals surface area contributed by atoms with Crippen molar-refractivity contribution in [3.05, 3.63) is 106 Å². The third-order valence-electron chi connectivity index (χ3n) is 10.2. The molecule has 6 N–H and O–H groups in total. The van der Waals surface area contributed by atoms with Crippen LogP contribution in [0.1, 0.15) is 54.4 Å². The van der Waals surface area contributed by atoms with Crippen LogP contribution in [0.15, 0.2) is 54.7 Å². The Balaban J connectivity index is 1.47. The van der Waals surface area contributed by atoms with Crippen molar-refractivity contribution in [2.24, 2.45) is 0 Å². The van der Waals surface area contributed by atoms with E-state index in [4.69, 9.17) is 11.6 Å². The van der Waals surface area contributed by atoms with Crippen molar-refractivity contribution in [3.63, 3.8) is 0 Å². The molecule has 0 radical (unpaired) electrons. The number of fused-ring (bicyclic) bond motifs is 1. The van der Waals surface area contributed by atoms with E-state index in [-0.39, 0.29) is 32.4 Å². The maximum absolute atomic E-state index is 15.0. The number of carbonyl (C=O) groups excluding carboxylic acids is 5. The van der Waals surface area contributed by atoms with Gasteiger partial charge in [0.1, 0.15) is 30.0 Å². The van der Waals surface area contributed by atoms with Crippen molar-refractivity contribution >= 4 is 58.0 Å². The number of halogens is 6. The molecular formula is C41H42ClF5N6O7. The highest BCUT2D eigenvalue weighted by atomic mass is 35.5. The minimum absolute atomic E-state index is 0.0295. The standard InChI is InChI=1S/C41H42ClF5N6O7/c1-21-9-11-22(12-10-21)19-49-38(57)29(17-25-33(43)35(45)37(47)36(46)34(25)44)51-39(58)28(16-23-20-48-26-7-3-2-6-24(23)26)52-40(59)30-8-4-5-15-53(30)41(60)27(13-14-32(55)56)50-31(54)18-42/h2-3,6-7,9-12,20,27-30,48H,4-5,8,13-19H2,1H3,(H,49,57)(H,50,54)(H,51,58)(H,52,59)(H,55,56)/t27?,28?,29?,30-/m0/s1. The van der Waals surface area contributed by atoms with Crippen LogP contribution in [0.3, 0.4) is 0 Å². The van der Waals surface area contributed by atoms with Crippen LogP contribution in [0.4, 0.5) is 22.0 Å². The molecule has 0 aliphatic carbocycles. The Bertz CT molecular complexity index is 2230. The Morgan fingerprint density at radius 2 is 1.47 bits per heavy atom. The molecule has 0 bridgehead atoms. The molecule has 5 amide bonds. The Morgan fingerprint density at radius 3 is 2.13 bits per heavy atom. The SMILES string of the molecule is Cc1ccc(CNC(=O)C(Cc2c(F)c(F)c(F)c(F)c2F)NC(=O)C(Cc2c[nH]c3ccccc23)NC(=O)[C@@H]2CCCCN2C(=O)C(CCC(=O)O)NC(=O)CCl)cc1. The number of aliphatic carboxylic acids is 1. The molecule has 19 heteroatoms. The van der Waals surface area contributed by atoms with Crippen molar-refractivity contribution in [2.45, 2.75) is 82.6 Å². The average Bonchev–Trinajstić information content (AvgIpc) is 3.66. The first kappa shape index (κ1) is 45.1. The first-order valence-electron chi connectivity index (χ1n) is 19.0. The fraction of sp³-hybridized carbons (Fsp3) is 0.366. The molecule has 5 rings (SSSR count). The van der Waals surface area contributed by atoms with E-state index in [1.165, 1.54) is 4.90 Å². The number of nitrogens with one attached hydrogen (secondary N) is 5. The molecular weight excluding hydrogens is 819 g/mol. The number of aryl methyl sites for hydroxylation is 1. The summed E-state index contributed by atoms with van der Waals surface area (Å²) in [5.41, 5.74) is 1.28. The van der Waals surface area contributed by atoms with Crippen LogP contribution in [-0.4, -0.2) is 87.1 Å². The first-order valence-corrected chi connectivity index (χ1v) is 19.5. The van der Waals surface area contributed by atoms with E-state index in [2.05, 4.69) is 26.3 Å². The number of aromatic nitrogens is 1. The van der Waals surface area contributed by atoms with Crippen molar-refractivity contribution in [2.75, 3.05) is 12.4 Å². The number of carbonyl (C=O) groups is 6. The molecule has 1 aliphatic heterocycles. The van der Waals surface area contributed by atoms with Gasteiger partial charge in [-0.05, 0) is 49.8 Å². The molecule has 3 unspecified atom stereocenters. The van der Waals surface area contributed by atoms with Gasteiger partial charge >= 0.3 is 5.97 Å². The van der Waals surface area contributed by atoms with Crippen LogP contribution in [-0.2, 0) is 48.2 Å². The van der Waals surface area contributed by atoms with Crippen molar-refractivity contribution in [1.82, 2.24) is 31.2 Å². The zero-order chi connectivity index (χ0) is 43.7. The Kier molecular flexibility index (Phi) is 15.2. The number of aromatic amines is 1. The lowest BCUT2D eigenvalue weighted by atomic mass is 9.97. The van der Waals surface area contributed by atoms with Crippen LogP contribution in [0.2, 0.25) is 0 Å². The molecule has 60 heavy (non-hydrogen) atoms. The van der Waals surface area contributed by atoms with Gasteiger partial charge in [0.2, 0.25) is 35.4 Å². The summed E-state index contributed by atoms with van der Waals surface area (Å²) in [7, 11) is 0. The van der Waals surface area contributed by atoms with Crippen LogP contribution >= 0.6 is 11.6 Å². The van der Waals surface area contributed by atoms with Crippen molar-refractivity contribution in [3.8, 4) is 0 Å². The van der Waals surface area contributed by atoms with Gasteiger partial charge in [0.05, 0.1) is 0 Å². The van der Waals surface area contributed by atoms with Gasteiger partial charge in [-0.2, -0.15) is 0 Å². The van der Waals surface area contributed by atoms with Crippen LogP contribution < -0.4 is 21.3 Å². The number of H-pyrrole nitrogens is 1. The van der Waals surface area contributed by atoms with Gasteiger partial charge in [-0.1, -0.05) is 48.0 Å². The first-order chi connectivity index (χ1) is 28.6. The number of para-hydroxylation sites is 1. The number of hydrogen-bond donors (Lipinski definition) is 6. The van der Waals surface area contributed by atoms with Gasteiger partial charge in [-0.25, -0.2) is 22.0 Å². The molecule has 320 valence electrons. The zero-order valence-corrected chi connectivity index (χ0v) is 32.9. The maximum Gasteiger partial charge on any atom is 0.303 e. The van der Waals surface area contributed by atoms with E-state index in [0.717, 1.165) is 5.56 Å². The van der Waals surface area contributed by atoms with Gasteiger partial charge in [-0.15, -0.1) is 11.6 Å². The smallest absolute Gasteiger partial charge is 0.303 e. The molecule has 3 aromatic carbocycles. The Hall–Kier alpha value is -6.04. The lowest BCUT2D eigenvalue weighted by molar-refractivity contribution is -0.146. The molecule has 2 heterocycles. The number of rotatable bonds is 17. The second-order valence-corrected chi connectivity index (χ2v) is 14.6. The molecule has 4 atom stereocenters. The van der Waals surface area contributed by atoms with Crippen LogP contribution in [0.25, 0.3) is 10.9 Å². The van der Waals surface area contributed by atoms with Crippen LogP contribution in [0, 0.1) is 36.0 Å². The Morgan fingerprint density at radius 1 is 0.817 bits per heavy atom. The van der Waals surface area contributed by atoms with Gasteiger partial charge in [0.15, 0.2) is 23.3 Å². The second-order valence-electron chi connectivity index (χ2n) is 14.4. The topological polar surface area (TPSA) is 190 Å². The number of piperidine rings is 1. The number of nitrogens with zero attached hydrogens (tertiary/aromatic N) is 1. The molecule has 0 saturated carbocycles. The molecule has 1 aromatic heterocycles. The maximum atomic E-state index is 15.0. The molecule has 1 fully saturated rings.